The fourth-order valence-corrected chi connectivity index (χ4v) is 5.02. The van der Waals surface area contributed by atoms with Crippen LogP contribution in [0.4, 0.5) is 0 Å². The van der Waals surface area contributed by atoms with E-state index in [1.165, 1.54) is 11.9 Å². The SMILES string of the molecule is CN[C@H](CC(C)C)C(=O)N[C@@H](CC(C)C)C(=O)N[C@@H](CC(C)C)C(=O)N(C)[C@H](CC(C)C)C(=O)N[C@@H](CC(C)C)C(=O)O. The van der Waals surface area contributed by atoms with Gasteiger partial charge in [-0.2, -0.15) is 0 Å². The molecule has 11 heteroatoms. The molecule has 0 aromatic rings. The predicted octanol–water partition coefficient (Wildman–Crippen LogP) is 3.17. The minimum atomic E-state index is -1.13. The molecule has 0 bridgehead atoms. The van der Waals surface area contributed by atoms with E-state index in [4.69, 9.17) is 0 Å². The summed E-state index contributed by atoms with van der Waals surface area (Å²) in [5.74, 6) is -2.35. The number of carbonyl (C=O) groups excluding carboxylic acids is 4. The van der Waals surface area contributed by atoms with E-state index < -0.39 is 53.9 Å². The summed E-state index contributed by atoms with van der Waals surface area (Å²) in [6.45, 7) is 19.4. The summed E-state index contributed by atoms with van der Waals surface area (Å²) >= 11 is 0. The van der Waals surface area contributed by atoms with E-state index in [1.54, 1.807) is 7.05 Å². The second-order valence-electron chi connectivity index (χ2n) is 14.0. The normalized spacial score (nSPS) is 15.3. The summed E-state index contributed by atoms with van der Waals surface area (Å²) in [7, 11) is 3.23. The monoisotopic (exact) mass is 611 g/mol. The Balaban J connectivity index is 6.12. The third-order valence-corrected chi connectivity index (χ3v) is 7.17. The zero-order chi connectivity index (χ0) is 33.6. The molecule has 0 spiro atoms. The summed E-state index contributed by atoms with van der Waals surface area (Å²) in [5.41, 5.74) is 0. The standard InChI is InChI=1S/C32H61N5O6/c1-18(2)13-23(33-11)28(38)34-24(14-19(3)4)29(39)35-25(15-20(5)6)31(41)37(12)27(17-22(9)10)30(40)36-26(32(42)43)16-21(7)8/h18-27,33H,13-17H2,1-12H3,(H,34,38)(H,35,39)(H,36,40)(H,42,43)/t23-,24+,25+,26+,27-/m1/s1. The second kappa shape index (κ2) is 19.6. The summed E-state index contributed by atoms with van der Waals surface area (Å²) in [6.07, 6.45) is 1.89. The van der Waals surface area contributed by atoms with Crippen LogP contribution in [0.15, 0.2) is 0 Å². The Morgan fingerprint density at radius 3 is 1.30 bits per heavy atom. The van der Waals surface area contributed by atoms with Crippen LogP contribution in [-0.4, -0.2) is 83.9 Å². The van der Waals surface area contributed by atoms with E-state index >= 15 is 0 Å². The van der Waals surface area contributed by atoms with Gasteiger partial charge in [0.25, 0.3) is 0 Å². The molecule has 0 aliphatic heterocycles. The highest BCUT2D eigenvalue weighted by atomic mass is 16.4. The van der Waals surface area contributed by atoms with Gasteiger partial charge in [0.2, 0.25) is 23.6 Å². The number of amides is 4. The third kappa shape index (κ3) is 15.6. The van der Waals surface area contributed by atoms with Crippen LogP contribution in [-0.2, 0) is 24.0 Å². The molecule has 0 fully saturated rings. The molecule has 0 aromatic heterocycles. The maximum atomic E-state index is 13.9. The molecule has 11 nitrogen and oxygen atoms in total. The lowest BCUT2D eigenvalue weighted by atomic mass is 9.97. The molecule has 0 radical (unpaired) electrons. The highest BCUT2D eigenvalue weighted by molar-refractivity contribution is 5.95. The number of carbonyl (C=O) groups is 5. The summed E-state index contributed by atoms with van der Waals surface area (Å²) in [6, 6.07) is -4.23. The van der Waals surface area contributed by atoms with E-state index in [0.717, 1.165) is 0 Å². The van der Waals surface area contributed by atoms with Crippen LogP contribution in [0.5, 0.6) is 0 Å². The van der Waals surface area contributed by atoms with Crippen molar-refractivity contribution in [3.63, 3.8) is 0 Å². The van der Waals surface area contributed by atoms with Gasteiger partial charge < -0.3 is 31.3 Å². The summed E-state index contributed by atoms with van der Waals surface area (Å²) in [5, 5.41) is 21.1. The molecule has 5 N–H and O–H groups in total. The van der Waals surface area contributed by atoms with E-state index in [9.17, 15) is 29.1 Å². The van der Waals surface area contributed by atoms with Crippen molar-refractivity contribution in [3.05, 3.63) is 0 Å². The number of nitrogens with zero attached hydrogens (tertiary/aromatic N) is 1. The molecular weight excluding hydrogens is 550 g/mol. The minimum Gasteiger partial charge on any atom is -0.480 e. The van der Waals surface area contributed by atoms with Crippen molar-refractivity contribution >= 4 is 29.6 Å². The van der Waals surface area contributed by atoms with Gasteiger partial charge in [-0.05, 0) is 68.7 Å². The second-order valence-corrected chi connectivity index (χ2v) is 14.0. The highest BCUT2D eigenvalue weighted by Gasteiger charge is 2.36. The van der Waals surface area contributed by atoms with Crippen molar-refractivity contribution in [2.75, 3.05) is 14.1 Å². The van der Waals surface area contributed by atoms with Crippen molar-refractivity contribution in [1.82, 2.24) is 26.2 Å². The zero-order valence-electron chi connectivity index (χ0n) is 28.7. The first-order valence-electron chi connectivity index (χ1n) is 15.9. The Kier molecular flexibility index (Phi) is 18.3. The summed E-state index contributed by atoms with van der Waals surface area (Å²) in [4.78, 5) is 67.1. The van der Waals surface area contributed by atoms with E-state index in [-0.39, 0.29) is 41.9 Å². The summed E-state index contributed by atoms with van der Waals surface area (Å²) < 4.78 is 0. The topological polar surface area (TPSA) is 157 Å². The Morgan fingerprint density at radius 2 is 0.884 bits per heavy atom. The minimum absolute atomic E-state index is 0.0362. The average Bonchev–Trinajstić information content (AvgIpc) is 2.86. The molecule has 250 valence electrons. The zero-order valence-corrected chi connectivity index (χ0v) is 28.7. The van der Waals surface area contributed by atoms with Gasteiger partial charge in [0, 0.05) is 7.05 Å². The first-order chi connectivity index (χ1) is 19.8. The van der Waals surface area contributed by atoms with Crippen molar-refractivity contribution in [2.45, 2.75) is 132 Å². The van der Waals surface area contributed by atoms with Gasteiger partial charge in [-0.1, -0.05) is 69.2 Å². The van der Waals surface area contributed by atoms with Gasteiger partial charge in [0.15, 0.2) is 0 Å². The molecular formula is C32H61N5O6. The Bertz CT molecular complexity index is 905. The van der Waals surface area contributed by atoms with E-state index in [2.05, 4.69) is 21.3 Å². The lowest BCUT2D eigenvalue weighted by molar-refractivity contribution is -0.146. The number of hydrogen-bond donors (Lipinski definition) is 5. The maximum Gasteiger partial charge on any atom is 0.326 e. The van der Waals surface area contributed by atoms with Crippen LogP contribution in [0, 0.1) is 29.6 Å². The number of carboxylic acid groups (broad SMARTS) is 1. The fourth-order valence-electron chi connectivity index (χ4n) is 5.02. The molecule has 0 aromatic carbocycles. The van der Waals surface area contributed by atoms with Crippen LogP contribution in [0.3, 0.4) is 0 Å². The molecule has 5 atom stereocenters. The molecule has 0 saturated carbocycles. The molecule has 43 heavy (non-hydrogen) atoms. The van der Waals surface area contributed by atoms with Crippen molar-refractivity contribution in [1.29, 1.82) is 0 Å². The van der Waals surface area contributed by atoms with Crippen LogP contribution < -0.4 is 21.3 Å². The number of nitrogens with one attached hydrogen (secondary N) is 4. The number of carboxylic acids is 1. The Morgan fingerprint density at radius 1 is 0.535 bits per heavy atom. The molecule has 4 amide bonds. The van der Waals surface area contributed by atoms with Gasteiger partial charge in [-0.25, -0.2) is 4.79 Å². The quantitative estimate of drug-likeness (QED) is 0.142. The Hall–Kier alpha value is -2.69. The lowest BCUT2D eigenvalue weighted by Crippen LogP contribution is -2.59. The number of aliphatic carboxylic acids is 1. The first-order valence-corrected chi connectivity index (χ1v) is 15.9. The molecule has 0 heterocycles. The number of rotatable bonds is 20. The molecule has 0 saturated heterocycles. The van der Waals surface area contributed by atoms with Gasteiger partial charge >= 0.3 is 5.97 Å². The van der Waals surface area contributed by atoms with Crippen LogP contribution in [0.2, 0.25) is 0 Å². The fraction of sp³-hybridized carbons (Fsp3) is 0.844. The van der Waals surface area contributed by atoms with Gasteiger partial charge in [0.1, 0.15) is 24.2 Å². The smallest absolute Gasteiger partial charge is 0.326 e. The first kappa shape index (κ1) is 40.3. The Labute approximate surface area is 260 Å². The van der Waals surface area contributed by atoms with Crippen molar-refractivity contribution in [3.8, 4) is 0 Å². The molecule has 0 unspecified atom stereocenters. The van der Waals surface area contributed by atoms with Crippen LogP contribution in [0.1, 0.15) is 101 Å². The van der Waals surface area contributed by atoms with E-state index in [0.29, 0.717) is 25.7 Å². The highest BCUT2D eigenvalue weighted by Crippen LogP contribution is 2.17. The third-order valence-electron chi connectivity index (χ3n) is 7.17. The average molecular weight is 612 g/mol. The number of likely N-dealkylation sites (N-methyl/N-ethyl adjacent to an activating group) is 2. The molecule has 0 rings (SSSR count). The number of hydrogen-bond acceptors (Lipinski definition) is 6. The maximum absolute atomic E-state index is 13.9. The van der Waals surface area contributed by atoms with Gasteiger partial charge in [0.05, 0.1) is 6.04 Å². The molecule has 0 aliphatic rings. The van der Waals surface area contributed by atoms with Gasteiger partial charge in [-0.3, -0.25) is 19.2 Å². The van der Waals surface area contributed by atoms with Gasteiger partial charge in [-0.15, -0.1) is 0 Å². The van der Waals surface area contributed by atoms with E-state index in [1.807, 2.05) is 69.2 Å². The van der Waals surface area contributed by atoms with Crippen LogP contribution >= 0.6 is 0 Å². The largest absolute Gasteiger partial charge is 0.480 e. The van der Waals surface area contributed by atoms with Crippen molar-refractivity contribution < 1.29 is 29.1 Å². The lowest BCUT2D eigenvalue weighted by Gasteiger charge is -2.34. The van der Waals surface area contributed by atoms with Crippen LogP contribution in [0.25, 0.3) is 0 Å². The predicted molar refractivity (Wildman–Crippen MR) is 170 cm³/mol. The molecule has 0 aliphatic carbocycles. The van der Waals surface area contributed by atoms with Crippen molar-refractivity contribution in [2.24, 2.45) is 29.6 Å².